The van der Waals surface area contributed by atoms with Crippen LogP contribution in [-0.2, 0) is 0 Å². The Morgan fingerprint density at radius 1 is 0.667 bits per heavy atom. The second kappa shape index (κ2) is 9.01. The molecule has 0 aliphatic carbocycles. The van der Waals surface area contributed by atoms with Crippen molar-refractivity contribution in [2.24, 2.45) is 0 Å². The van der Waals surface area contributed by atoms with Crippen LogP contribution in [-0.4, -0.2) is 14.7 Å². The molecule has 3 heteroatoms. The van der Waals surface area contributed by atoms with E-state index in [0.717, 1.165) is 39.6 Å². The van der Waals surface area contributed by atoms with Crippen LogP contribution in [0.3, 0.4) is 0 Å². The van der Waals surface area contributed by atoms with Gasteiger partial charge >= 0.3 is 0 Å². The molecule has 0 bridgehead atoms. The van der Waals surface area contributed by atoms with Crippen LogP contribution in [0.2, 0.25) is 0 Å². The van der Waals surface area contributed by atoms with Crippen molar-refractivity contribution >= 4 is 12.2 Å². The zero-order valence-corrected chi connectivity index (χ0v) is 18.4. The van der Waals surface area contributed by atoms with Crippen LogP contribution in [0.15, 0.2) is 109 Å². The summed E-state index contributed by atoms with van der Waals surface area (Å²) in [5, 5.41) is 9.61. The van der Waals surface area contributed by atoms with Gasteiger partial charge in [-0.3, -0.25) is 4.57 Å². The Kier molecular flexibility index (Phi) is 5.61. The number of aromatic hydroxyl groups is 1. The number of aryl methyl sites for hydroxylation is 1. The Labute approximate surface area is 193 Å². The van der Waals surface area contributed by atoms with Gasteiger partial charge < -0.3 is 5.11 Å². The van der Waals surface area contributed by atoms with Crippen molar-refractivity contribution in [3.05, 3.63) is 126 Å². The number of phenolic OH excluding ortho intramolecular Hbond substituents is 1. The number of hydrogen-bond acceptors (Lipinski definition) is 2. The van der Waals surface area contributed by atoms with Crippen molar-refractivity contribution < 1.29 is 5.11 Å². The first kappa shape index (κ1) is 20.5. The highest BCUT2D eigenvalue weighted by atomic mass is 16.3. The van der Waals surface area contributed by atoms with E-state index >= 15 is 0 Å². The Morgan fingerprint density at radius 2 is 1.27 bits per heavy atom. The zero-order chi connectivity index (χ0) is 22.6. The zero-order valence-electron chi connectivity index (χ0n) is 18.4. The molecule has 1 N–H and O–H groups in total. The van der Waals surface area contributed by atoms with Gasteiger partial charge in [0.25, 0.3) is 0 Å². The molecule has 0 fully saturated rings. The summed E-state index contributed by atoms with van der Waals surface area (Å²) in [7, 11) is 0. The van der Waals surface area contributed by atoms with Crippen LogP contribution < -0.4 is 0 Å². The maximum Gasteiger partial charge on any atom is 0.138 e. The fourth-order valence-electron chi connectivity index (χ4n) is 3.92. The molecule has 1 aromatic heterocycles. The van der Waals surface area contributed by atoms with E-state index in [0.29, 0.717) is 0 Å². The topological polar surface area (TPSA) is 38.0 Å². The largest absolute Gasteiger partial charge is 0.508 e. The van der Waals surface area contributed by atoms with E-state index in [1.807, 2.05) is 48.6 Å². The van der Waals surface area contributed by atoms with Crippen molar-refractivity contribution in [3.63, 3.8) is 0 Å². The minimum Gasteiger partial charge on any atom is -0.508 e. The van der Waals surface area contributed by atoms with E-state index in [1.54, 1.807) is 12.1 Å². The third-order valence-electron chi connectivity index (χ3n) is 5.61. The molecule has 0 saturated carbocycles. The van der Waals surface area contributed by atoms with Gasteiger partial charge in [0.15, 0.2) is 0 Å². The number of aromatic nitrogens is 2. The SMILES string of the molecule is Cc1ccc(-n2c(C=Cc3ccc(O)cc3)nc(-c3ccccc3)c2-c2ccccc2)cc1. The quantitative estimate of drug-likeness (QED) is 0.317. The lowest BCUT2D eigenvalue weighted by Crippen LogP contribution is -2.00. The highest BCUT2D eigenvalue weighted by molar-refractivity contribution is 5.83. The van der Waals surface area contributed by atoms with Crippen LogP contribution in [0.1, 0.15) is 17.0 Å². The van der Waals surface area contributed by atoms with Crippen molar-refractivity contribution in [3.8, 4) is 34.0 Å². The van der Waals surface area contributed by atoms with Gasteiger partial charge in [0.05, 0.1) is 11.4 Å². The number of benzene rings is 4. The summed E-state index contributed by atoms with van der Waals surface area (Å²) in [5.41, 5.74) is 7.43. The number of phenols is 1. The lowest BCUT2D eigenvalue weighted by Gasteiger charge is -2.13. The number of imidazole rings is 1. The molecule has 0 aliphatic heterocycles. The third kappa shape index (κ3) is 4.35. The maximum atomic E-state index is 9.61. The van der Waals surface area contributed by atoms with Crippen molar-refractivity contribution in [2.75, 3.05) is 0 Å². The summed E-state index contributed by atoms with van der Waals surface area (Å²) < 4.78 is 2.22. The van der Waals surface area contributed by atoms with E-state index in [4.69, 9.17) is 4.98 Å². The van der Waals surface area contributed by atoms with Crippen LogP contribution in [0.5, 0.6) is 5.75 Å². The molecule has 5 rings (SSSR count). The van der Waals surface area contributed by atoms with Crippen molar-refractivity contribution in [2.45, 2.75) is 6.92 Å². The summed E-state index contributed by atoms with van der Waals surface area (Å²) >= 11 is 0. The van der Waals surface area contributed by atoms with Crippen LogP contribution in [0.25, 0.3) is 40.4 Å². The summed E-state index contributed by atoms with van der Waals surface area (Å²) in [6.45, 7) is 2.09. The molecule has 0 atom stereocenters. The van der Waals surface area contributed by atoms with Crippen LogP contribution in [0.4, 0.5) is 0 Å². The van der Waals surface area contributed by atoms with Gasteiger partial charge in [-0.05, 0) is 42.8 Å². The van der Waals surface area contributed by atoms with Gasteiger partial charge in [-0.1, -0.05) is 96.6 Å². The predicted octanol–water partition coefficient (Wildman–Crippen LogP) is 7.39. The molecule has 1 heterocycles. The summed E-state index contributed by atoms with van der Waals surface area (Å²) in [5.74, 6) is 1.09. The summed E-state index contributed by atoms with van der Waals surface area (Å²) in [4.78, 5) is 5.11. The average Bonchev–Trinajstić information content (AvgIpc) is 3.25. The van der Waals surface area contributed by atoms with Crippen molar-refractivity contribution in [1.82, 2.24) is 9.55 Å². The molecule has 4 aromatic carbocycles. The molecule has 0 radical (unpaired) electrons. The Hall–Kier alpha value is -4.37. The molecule has 0 aliphatic rings. The third-order valence-corrected chi connectivity index (χ3v) is 5.61. The maximum absolute atomic E-state index is 9.61. The fourth-order valence-corrected chi connectivity index (χ4v) is 3.92. The summed E-state index contributed by atoms with van der Waals surface area (Å²) in [6, 6.07) is 36.4. The molecule has 0 saturated heterocycles. The molecule has 0 amide bonds. The molecule has 5 aromatic rings. The normalized spacial score (nSPS) is 11.2. The first-order valence-electron chi connectivity index (χ1n) is 11.0. The molecular weight excluding hydrogens is 404 g/mol. The molecule has 0 unspecified atom stereocenters. The molecule has 3 nitrogen and oxygen atoms in total. The van der Waals surface area contributed by atoms with E-state index < -0.39 is 0 Å². The second-order valence-electron chi connectivity index (χ2n) is 8.00. The van der Waals surface area contributed by atoms with Gasteiger partial charge in [0.2, 0.25) is 0 Å². The molecular formula is C30H24N2O. The number of hydrogen-bond donors (Lipinski definition) is 1. The number of rotatable bonds is 5. The number of nitrogens with zero attached hydrogens (tertiary/aromatic N) is 2. The minimum atomic E-state index is 0.256. The highest BCUT2D eigenvalue weighted by Crippen LogP contribution is 2.35. The minimum absolute atomic E-state index is 0.256. The average molecular weight is 429 g/mol. The highest BCUT2D eigenvalue weighted by Gasteiger charge is 2.20. The van der Waals surface area contributed by atoms with Gasteiger partial charge in [-0.25, -0.2) is 4.98 Å². The second-order valence-corrected chi connectivity index (χ2v) is 8.00. The Morgan fingerprint density at radius 3 is 1.91 bits per heavy atom. The monoisotopic (exact) mass is 428 g/mol. The van der Waals surface area contributed by atoms with E-state index in [-0.39, 0.29) is 5.75 Å². The predicted molar refractivity (Wildman–Crippen MR) is 136 cm³/mol. The van der Waals surface area contributed by atoms with Crippen molar-refractivity contribution in [1.29, 1.82) is 0 Å². The first-order valence-corrected chi connectivity index (χ1v) is 11.0. The lowest BCUT2D eigenvalue weighted by atomic mass is 10.0. The lowest BCUT2D eigenvalue weighted by molar-refractivity contribution is 0.475. The van der Waals surface area contributed by atoms with E-state index in [2.05, 4.69) is 72.2 Å². The van der Waals surface area contributed by atoms with E-state index in [9.17, 15) is 5.11 Å². The van der Waals surface area contributed by atoms with Gasteiger partial charge in [0, 0.05) is 16.8 Å². The molecule has 0 spiro atoms. The smallest absolute Gasteiger partial charge is 0.138 e. The van der Waals surface area contributed by atoms with Gasteiger partial charge in [-0.15, -0.1) is 0 Å². The van der Waals surface area contributed by atoms with Crippen LogP contribution in [0, 0.1) is 6.92 Å². The van der Waals surface area contributed by atoms with Gasteiger partial charge in [0.1, 0.15) is 11.6 Å². The van der Waals surface area contributed by atoms with Gasteiger partial charge in [-0.2, -0.15) is 0 Å². The Balaban J connectivity index is 1.76. The first-order chi connectivity index (χ1) is 16.2. The standard InChI is InChI=1S/C30H24N2O/c1-22-12-17-26(18-13-22)32-28(21-16-23-14-19-27(33)20-15-23)31-29(24-8-4-2-5-9-24)30(32)25-10-6-3-7-11-25/h2-21,33H,1H3. The Bertz CT molecular complexity index is 1380. The molecule has 33 heavy (non-hydrogen) atoms. The van der Waals surface area contributed by atoms with E-state index in [1.165, 1.54) is 5.56 Å². The molecule has 160 valence electrons. The van der Waals surface area contributed by atoms with Crippen LogP contribution >= 0.6 is 0 Å². The fraction of sp³-hybridized carbons (Fsp3) is 0.0333. The summed E-state index contributed by atoms with van der Waals surface area (Å²) in [6.07, 6.45) is 4.06.